The number of carbonyl (C=O) groups excluding carboxylic acids is 2. The van der Waals surface area contributed by atoms with E-state index in [1.807, 2.05) is 0 Å². The first-order chi connectivity index (χ1) is 3.13. The van der Waals surface area contributed by atoms with Gasteiger partial charge in [-0.3, -0.25) is 0 Å². The van der Waals surface area contributed by atoms with Crippen LogP contribution >= 0.6 is 0 Å². The monoisotopic (exact) mass is 466 g/mol. The predicted molar refractivity (Wildman–Crippen MR) is 25.3 cm³/mol. The standard InChI is InChI=1S/C5H6O2.2W/c1-4(6)3-5(2)7;;/h1-3H2;;/q-2;;. The Kier molecular flexibility index (Phi) is 15.2. The Labute approximate surface area is 83.3 Å². The first-order valence-corrected chi connectivity index (χ1v) is 1.82. The van der Waals surface area contributed by atoms with Gasteiger partial charge in [0.2, 0.25) is 0 Å². The number of hydrogen-bond donors (Lipinski definition) is 0. The average molecular weight is 466 g/mol. The van der Waals surface area contributed by atoms with Gasteiger partial charge in [0.1, 0.15) is 0 Å². The number of rotatable bonds is 2. The number of hydrogen-bond acceptors (Lipinski definition) is 2. The van der Waals surface area contributed by atoms with Crippen molar-refractivity contribution in [1.82, 2.24) is 0 Å². The summed E-state index contributed by atoms with van der Waals surface area (Å²) in [5, 5.41) is 0. The summed E-state index contributed by atoms with van der Waals surface area (Å²) < 4.78 is 0. The van der Waals surface area contributed by atoms with Gasteiger partial charge in [0.15, 0.2) is 0 Å². The number of ketones is 2. The van der Waals surface area contributed by atoms with Gasteiger partial charge < -0.3 is 23.4 Å². The summed E-state index contributed by atoms with van der Waals surface area (Å²) in [6, 6.07) is 0. The van der Waals surface area contributed by atoms with Gasteiger partial charge in [0.05, 0.1) is 0 Å². The SMILES string of the molecule is [CH2-]C(=O)CC([CH2-])=O.[W].[W]. The third kappa shape index (κ3) is 17.7. The molecule has 0 unspecified atom stereocenters. The molecule has 0 bridgehead atoms. The molecule has 0 N–H and O–H groups in total. The summed E-state index contributed by atoms with van der Waals surface area (Å²) in [7, 11) is 0. The van der Waals surface area contributed by atoms with Crippen LogP contribution in [-0.2, 0) is 51.7 Å². The molecule has 4 heteroatoms. The second-order valence-corrected chi connectivity index (χ2v) is 1.25. The van der Waals surface area contributed by atoms with Crippen molar-refractivity contribution in [3.63, 3.8) is 0 Å². The molecule has 0 aliphatic carbocycles. The van der Waals surface area contributed by atoms with Crippen LogP contribution in [0.1, 0.15) is 6.42 Å². The second-order valence-electron chi connectivity index (χ2n) is 1.25. The molecule has 0 aromatic rings. The van der Waals surface area contributed by atoms with E-state index in [-0.39, 0.29) is 60.1 Å². The van der Waals surface area contributed by atoms with Crippen molar-refractivity contribution in [3.8, 4) is 0 Å². The van der Waals surface area contributed by atoms with Crippen molar-refractivity contribution in [2.75, 3.05) is 0 Å². The minimum absolute atomic E-state index is 0. The summed E-state index contributed by atoms with van der Waals surface area (Å²) in [5.41, 5.74) is 0. The molecular formula is C5H6O2W2-2. The zero-order valence-corrected chi connectivity index (χ0v) is 10.6. The van der Waals surface area contributed by atoms with Gasteiger partial charge in [-0.05, 0) is 0 Å². The van der Waals surface area contributed by atoms with Gasteiger partial charge in [-0.2, -0.15) is 0 Å². The van der Waals surface area contributed by atoms with Gasteiger partial charge >= 0.3 is 0 Å². The molecule has 0 aliphatic rings. The van der Waals surface area contributed by atoms with E-state index in [1.54, 1.807) is 0 Å². The molecule has 2 nitrogen and oxygen atoms in total. The van der Waals surface area contributed by atoms with E-state index in [9.17, 15) is 9.59 Å². The van der Waals surface area contributed by atoms with Crippen LogP contribution in [-0.4, -0.2) is 11.6 Å². The smallest absolute Gasteiger partial charge is 0.00695 e. The van der Waals surface area contributed by atoms with E-state index in [0.717, 1.165) is 0 Å². The van der Waals surface area contributed by atoms with E-state index in [0.29, 0.717) is 0 Å². The van der Waals surface area contributed by atoms with E-state index >= 15 is 0 Å². The summed E-state index contributed by atoms with van der Waals surface area (Å²) >= 11 is 0. The van der Waals surface area contributed by atoms with Crippen molar-refractivity contribution >= 4 is 11.6 Å². The zero-order chi connectivity index (χ0) is 5.86. The van der Waals surface area contributed by atoms with Crippen LogP contribution in [0.15, 0.2) is 0 Å². The normalized spacial score (nSPS) is 6.22. The molecule has 0 heterocycles. The van der Waals surface area contributed by atoms with Crippen molar-refractivity contribution < 1.29 is 51.7 Å². The fourth-order valence-corrected chi connectivity index (χ4v) is 0.220. The van der Waals surface area contributed by atoms with Crippen molar-refractivity contribution in [2.45, 2.75) is 6.42 Å². The molecule has 52 valence electrons. The zero-order valence-electron chi connectivity index (χ0n) is 4.75. The molecule has 0 radical (unpaired) electrons. The molecule has 0 saturated carbocycles. The predicted octanol–water partition coefficient (Wildman–Crippen LogP) is 0.178. The molecule has 0 atom stereocenters. The summed E-state index contributed by atoms with van der Waals surface area (Å²) in [6.45, 7) is 5.96. The molecule has 0 spiro atoms. The molecule has 0 fully saturated rings. The Morgan fingerprint density at radius 1 is 1.00 bits per heavy atom. The van der Waals surface area contributed by atoms with Gasteiger partial charge in [0, 0.05) is 60.1 Å². The summed E-state index contributed by atoms with van der Waals surface area (Å²) in [5.74, 6) is -0.750. The molecule has 0 rings (SSSR count). The van der Waals surface area contributed by atoms with Gasteiger partial charge in [-0.25, -0.2) is 0 Å². The van der Waals surface area contributed by atoms with Crippen molar-refractivity contribution in [2.24, 2.45) is 0 Å². The second kappa shape index (κ2) is 8.46. The maximum atomic E-state index is 9.88. The minimum atomic E-state index is -0.375. The molecule has 0 aliphatic heterocycles. The van der Waals surface area contributed by atoms with E-state index < -0.39 is 0 Å². The van der Waals surface area contributed by atoms with Gasteiger partial charge in [0.25, 0.3) is 0 Å². The fraction of sp³-hybridized carbons (Fsp3) is 0.200. The van der Waals surface area contributed by atoms with Crippen LogP contribution in [0.4, 0.5) is 0 Å². The maximum absolute atomic E-state index is 9.88. The van der Waals surface area contributed by atoms with Crippen LogP contribution in [0.2, 0.25) is 0 Å². The third-order valence-corrected chi connectivity index (χ3v) is 0.394. The molecule has 9 heavy (non-hydrogen) atoms. The van der Waals surface area contributed by atoms with Crippen LogP contribution in [0.5, 0.6) is 0 Å². The minimum Gasteiger partial charge on any atom is -0.339 e. The first kappa shape index (κ1) is 16.2. The Morgan fingerprint density at radius 3 is 1.22 bits per heavy atom. The molecular weight excluding hydrogens is 460 g/mol. The molecule has 0 amide bonds. The topological polar surface area (TPSA) is 34.1 Å². The Balaban J connectivity index is -0.000000180. The van der Waals surface area contributed by atoms with Gasteiger partial charge in [-0.15, -0.1) is 0 Å². The van der Waals surface area contributed by atoms with Crippen molar-refractivity contribution in [3.05, 3.63) is 13.8 Å². The summed E-state index contributed by atoms with van der Waals surface area (Å²) in [4.78, 5) is 19.8. The summed E-state index contributed by atoms with van der Waals surface area (Å²) in [6.07, 6.45) is -0.139. The van der Waals surface area contributed by atoms with Crippen LogP contribution in [0.3, 0.4) is 0 Å². The van der Waals surface area contributed by atoms with Crippen LogP contribution < -0.4 is 0 Å². The van der Waals surface area contributed by atoms with Crippen LogP contribution in [0.25, 0.3) is 0 Å². The van der Waals surface area contributed by atoms with Crippen LogP contribution in [0, 0.1) is 13.8 Å². The largest absolute Gasteiger partial charge is 0.339 e. The fourth-order valence-electron chi connectivity index (χ4n) is 0.220. The van der Waals surface area contributed by atoms with Gasteiger partial charge in [-0.1, -0.05) is 0 Å². The van der Waals surface area contributed by atoms with E-state index in [4.69, 9.17) is 0 Å². The maximum Gasteiger partial charge on any atom is 0.00695 e. The first-order valence-electron chi connectivity index (χ1n) is 1.82. The van der Waals surface area contributed by atoms with Crippen molar-refractivity contribution in [1.29, 1.82) is 0 Å². The Hall–Kier alpha value is 0.457. The molecule has 0 saturated heterocycles. The average Bonchev–Trinajstić information content (AvgIpc) is 1.27. The Morgan fingerprint density at radius 2 is 1.22 bits per heavy atom. The number of Topliss-reactive ketones (excluding diaryl/α,β-unsaturated/α-hetero) is 2. The number of carbonyl (C=O) groups is 2. The van der Waals surface area contributed by atoms with E-state index in [2.05, 4.69) is 13.8 Å². The molecule has 0 aromatic heterocycles. The quantitative estimate of drug-likeness (QED) is 0.431. The molecule has 0 aromatic carbocycles. The third-order valence-electron chi connectivity index (χ3n) is 0.394. The van der Waals surface area contributed by atoms with E-state index in [1.165, 1.54) is 0 Å². The Bertz CT molecular complexity index is 89.1.